The van der Waals surface area contributed by atoms with Crippen molar-refractivity contribution in [2.24, 2.45) is 5.10 Å². The number of hydrazone groups is 1. The van der Waals surface area contributed by atoms with E-state index in [9.17, 15) is 19.2 Å². The molecule has 0 spiro atoms. The molecule has 15 heteroatoms. The topological polar surface area (TPSA) is 139 Å². The number of fused-ring (bicyclic) bond motifs is 1. The number of hydrogen-bond donors (Lipinski definition) is 3. The zero-order valence-corrected chi connectivity index (χ0v) is 27.5. The van der Waals surface area contributed by atoms with Gasteiger partial charge < -0.3 is 19.9 Å². The van der Waals surface area contributed by atoms with E-state index < -0.39 is 29.6 Å². The molecule has 49 heavy (non-hydrogen) atoms. The zero-order valence-electron chi connectivity index (χ0n) is 26.8. The van der Waals surface area contributed by atoms with Gasteiger partial charge in [0.05, 0.1) is 29.4 Å². The molecule has 3 aromatic rings. The summed E-state index contributed by atoms with van der Waals surface area (Å²) in [6.45, 7) is 3.52. The van der Waals surface area contributed by atoms with Crippen LogP contribution in [0.25, 0.3) is 6.08 Å². The number of rotatable bonds is 8. The summed E-state index contributed by atoms with van der Waals surface area (Å²) in [5.41, 5.74) is 8.43. The molecule has 3 heterocycles. The Morgan fingerprint density at radius 1 is 1.08 bits per heavy atom. The Labute approximate surface area is 286 Å². The highest BCUT2D eigenvalue weighted by molar-refractivity contribution is 6.31. The maximum Gasteiger partial charge on any atom is 0.338 e. The van der Waals surface area contributed by atoms with Crippen LogP contribution in [0.1, 0.15) is 40.0 Å². The third-order valence-corrected chi connectivity index (χ3v) is 8.76. The summed E-state index contributed by atoms with van der Waals surface area (Å²) in [5.74, 6) is -2.34. The minimum absolute atomic E-state index is 0.0273. The fraction of sp³-hybridized carbons (Fsp3) is 0.265. The van der Waals surface area contributed by atoms with Crippen LogP contribution in [0.2, 0.25) is 5.02 Å². The highest BCUT2D eigenvalue weighted by Gasteiger charge is 2.38. The van der Waals surface area contributed by atoms with Crippen LogP contribution in [0.3, 0.4) is 0 Å². The van der Waals surface area contributed by atoms with E-state index in [1.165, 1.54) is 46.6 Å². The molecule has 3 N–H and O–H groups in total. The van der Waals surface area contributed by atoms with Crippen LogP contribution in [0.4, 0.5) is 21.5 Å². The number of esters is 1. The Bertz CT molecular complexity index is 1850. The number of anilines is 3. The molecule has 3 aliphatic heterocycles. The van der Waals surface area contributed by atoms with Crippen molar-refractivity contribution in [3.8, 4) is 0 Å². The average molecular weight is 689 g/mol. The Morgan fingerprint density at radius 2 is 1.88 bits per heavy atom. The lowest BCUT2D eigenvalue weighted by atomic mass is 9.89. The van der Waals surface area contributed by atoms with Crippen molar-refractivity contribution in [2.75, 3.05) is 55.1 Å². The number of nitrogens with one attached hydrogen (secondary N) is 3. The van der Waals surface area contributed by atoms with Gasteiger partial charge in [0.25, 0.3) is 5.91 Å². The van der Waals surface area contributed by atoms with Gasteiger partial charge in [-0.1, -0.05) is 23.7 Å². The molecule has 254 valence electrons. The summed E-state index contributed by atoms with van der Waals surface area (Å²) in [4.78, 5) is 58.4. The van der Waals surface area contributed by atoms with Gasteiger partial charge in [0.15, 0.2) is 5.82 Å². The number of ether oxygens (including phenoxy) is 1. The molecule has 1 saturated heterocycles. The molecule has 6 rings (SSSR count). The molecule has 3 amide bonds. The number of hydrogen-bond acceptors (Lipinski definition) is 10. The molecule has 0 unspecified atom stereocenters. The lowest BCUT2D eigenvalue weighted by Crippen LogP contribution is -2.50. The lowest BCUT2D eigenvalue weighted by molar-refractivity contribution is -0.135. The van der Waals surface area contributed by atoms with E-state index in [1.807, 2.05) is 18.0 Å². The highest BCUT2D eigenvalue weighted by Crippen LogP contribution is 2.37. The Morgan fingerprint density at radius 3 is 2.59 bits per heavy atom. The maximum atomic E-state index is 15.3. The molecular weight excluding hydrogens is 655 g/mol. The first kappa shape index (κ1) is 33.6. The van der Waals surface area contributed by atoms with Crippen LogP contribution < -0.4 is 26.3 Å². The van der Waals surface area contributed by atoms with Crippen LogP contribution in [-0.4, -0.2) is 79.7 Å². The number of halogens is 2. The smallest absolute Gasteiger partial charge is 0.338 e. The van der Waals surface area contributed by atoms with E-state index in [4.69, 9.17) is 16.3 Å². The lowest BCUT2D eigenvalue weighted by Gasteiger charge is -2.39. The maximum absolute atomic E-state index is 15.3. The molecule has 0 saturated carbocycles. The average Bonchev–Trinajstić information content (AvgIpc) is 3.63. The van der Waals surface area contributed by atoms with Gasteiger partial charge in [-0.25, -0.2) is 19.7 Å². The monoisotopic (exact) mass is 688 g/mol. The van der Waals surface area contributed by atoms with Crippen LogP contribution in [0, 0.1) is 5.82 Å². The predicted molar refractivity (Wildman–Crippen MR) is 183 cm³/mol. The Kier molecular flexibility index (Phi) is 9.90. The third-order valence-electron chi connectivity index (χ3n) is 8.46. The number of nitrogens with zero attached hydrogens (tertiary/aromatic N) is 5. The van der Waals surface area contributed by atoms with Gasteiger partial charge >= 0.3 is 5.97 Å². The largest absolute Gasteiger partial charge is 0.462 e. The summed E-state index contributed by atoms with van der Waals surface area (Å²) in [7, 11) is 1.89. The second kappa shape index (κ2) is 14.4. The molecule has 3 aromatic carbocycles. The fourth-order valence-corrected chi connectivity index (χ4v) is 6.24. The summed E-state index contributed by atoms with van der Waals surface area (Å²) >= 11 is 6.09. The molecule has 1 atom stereocenters. The normalized spacial score (nSPS) is 17.7. The van der Waals surface area contributed by atoms with Crippen molar-refractivity contribution < 1.29 is 28.3 Å². The van der Waals surface area contributed by atoms with E-state index in [0.29, 0.717) is 47.7 Å². The number of carbonyl (C=O) groups is 4. The second-order valence-electron chi connectivity index (χ2n) is 11.6. The van der Waals surface area contributed by atoms with Crippen molar-refractivity contribution in [3.05, 3.63) is 93.8 Å². The van der Waals surface area contributed by atoms with Gasteiger partial charge in [0, 0.05) is 42.6 Å². The van der Waals surface area contributed by atoms with Crippen molar-refractivity contribution in [2.45, 2.75) is 19.4 Å². The first-order valence-corrected chi connectivity index (χ1v) is 16.0. The van der Waals surface area contributed by atoms with E-state index in [-0.39, 0.29) is 36.2 Å². The van der Waals surface area contributed by atoms with Crippen molar-refractivity contribution >= 4 is 64.8 Å². The second-order valence-corrected chi connectivity index (χ2v) is 12.0. The number of carbonyl (C=O) groups excluding carboxylic acids is 4. The van der Waals surface area contributed by atoms with Gasteiger partial charge in [-0.05, 0) is 80.1 Å². The highest BCUT2D eigenvalue weighted by atomic mass is 35.5. The summed E-state index contributed by atoms with van der Waals surface area (Å²) in [6.07, 6.45) is 4.28. The van der Waals surface area contributed by atoms with E-state index >= 15 is 4.39 Å². The van der Waals surface area contributed by atoms with Crippen LogP contribution in [-0.2, 0) is 25.5 Å². The van der Waals surface area contributed by atoms with E-state index in [1.54, 1.807) is 42.2 Å². The van der Waals surface area contributed by atoms with Crippen molar-refractivity contribution in [1.82, 2.24) is 20.9 Å². The van der Waals surface area contributed by atoms with Gasteiger partial charge in [-0.2, -0.15) is 5.10 Å². The molecule has 1 fully saturated rings. The SMILES string of the molecule is CCOC(=O)c1ccc(NC(=O)[C@H]2c3cccc(N4CCN(C)CC4=O)c3CCN2C(=O)/C=C/c2c(N3C=NNN3)ccc(Cl)c2F)cc1. The third kappa shape index (κ3) is 6.97. The van der Waals surface area contributed by atoms with Crippen LogP contribution in [0.15, 0.2) is 65.8 Å². The molecule has 0 radical (unpaired) electrons. The Hall–Kier alpha value is -5.31. The number of piperazine rings is 1. The number of hydrazine groups is 2. The molecule has 0 aromatic heterocycles. The quantitative estimate of drug-likeness (QED) is 0.240. The van der Waals surface area contributed by atoms with Crippen molar-refractivity contribution in [1.29, 1.82) is 0 Å². The van der Waals surface area contributed by atoms with Gasteiger partial charge in [0.2, 0.25) is 11.8 Å². The first-order valence-electron chi connectivity index (χ1n) is 15.6. The first-order chi connectivity index (χ1) is 23.7. The van der Waals surface area contributed by atoms with E-state index in [0.717, 1.165) is 5.56 Å². The molecular formula is C34H34ClFN8O5. The minimum atomic E-state index is -1.10. The summed E-state index contributed by atoms with van der Waals surface area (Å²) < 4.78 is 20.3. The van der Waals surface area contributed by atoms with Crippen LogP contribution >= 0.6 is 11.6 Å². The molecule has 3 aliphatic rings. The van der Waals surface area contributed by atoms with Gasteiger partial charge in [-0.3, -0.25) is 19.3 Å². The molecule has 0 aliphatic carbocycles. The van der Waals surface area contributed by atoms with Crippen LogP contribution in [0.5, 0.6) is 0 Å². The van der Waals surface area contributed by atoms with Crippen molar-refractivity contribution in [3.63, 3.8) is 0 Å². The number of benzene rings is 3. The van der Waals surface area contributed by atoms with Gasteiger partial charge in [0.1, 0.15) is 12.4 Å². The number of likely N-dealkylation sites (N-methyl/N-ethyl adjacent to an activating group) is 1. The standard InChI is InChI=1S/C34H34ClFN8O5/c1-3-49-34(48)21-7-9-22(10-8-21)38-33(47)32-24-5-4-6-27(42-18-17-41(2)19-30(42)46)23(24)15-16-43(32)29(45)14-11-25-28(44-20-37-39-40-44)13-12-26(35)31(25)36/h4-14,20,32,39-40H,3,15-19H2,1-2H3,(H,38,47)/b14-11+/t32-/m1/s1. The summed E-state index contributed by atoms with van der Waals surface area (Å²) in [5, 5.41) is 8.01. The predicted octanol–water partition coefficient (Wildman–Crippen LogP) is 3.48. The fourth-order valence-electron chi connectivity index (χ4n) is 6.08. The zero-order chi connectivity index (χ0) is 34.7. The molecule has 0 bridgehead atoms. The minimum Gasteiger partial charge on any atom is -0.462 e. The van der Waals surface area contributed by atoms with Gasteiger partial charge in [-0.15, -0.1) is 5.53 Å². The van der Waals surface area contributed by atoms with E-state index in [2.05, 4.69) is 21.5 Å². The Balaban J connectivity index is 1.34. The summed E-state index contributed by atoms with van der Waals surface area (Å²) in [6, 6.07) is 13.5. The number of amides is 3. The molecule has 13 nitrogen and oxygen atoms in total.